The normalized spacial score (nSPS) is 11.0. The van der Waals surface area contributed by atoms with Gasteiger partial charge >= 0.3 is 6.18 Å². The molecule has 2 N–H and O–H groups in total. The van der Waals surface area contributed by atoms with Crippen molar-refractivity contribution >= 4 is 23.6 Å². The van der Waals surface area contributed by atoms with Gasteiger partial charge in [0.25, 0.3) is 5.91 Å². The minimum atomic E-state index is -4.57. The van der Waals surface area contributed by atoms with Crippen LogP contribution in [0, 0.1) is 6.92 Å². The van der Waals surface area contributed by atoms with Gasteiger partial charge in [-0.3, -0.25) is 25.4 Å². The molecule has 0 radical (unpaired) electrons. The van der Waals surface area contributed by atoms with Crippen molar-refractivity contribution in [2.24, 2.45) is 0 Å². The summed E-state index contributed by atoms with van der Waals surface area (Å²) in [6.45, 7) is 1.95. The second kappa shape index (κ2) is 8.02. The second-order valence-corrected chi connectivity index (χ2v) is 6.08. The Hall–Kier alpha value is -2.55. The van der Waals surface area contributed by atoms with Crippen LogP contribution < -0.4 is 10.9 Å². The summed E-state index contributed by atoms with van der Waals surface area (Å²) in [6, 6.07) is 9.26. The zero-order valence-electron chi connectivity index (χ0n) is 13.1. The molecule has 9 heteroatoms. The fourth-order valence-electron chi connectivity index (χ4n) is 1.71. The van der Waals surface area contributed by atoms with Crippen LogP contribution in [0.2, 0.25) is 0 Å². The molecule has 0 atom stereocenters. The molecule has 2 amide bonds. The van der Waals surface area contributed by atoms with Gasteiger partial charge in [0, 0.05) is 11.1 Å². The molecule has 1 aromatic heterocycles. The molecule has 5 nitrogen and oxygen atoms in total. The minimum Gasteiger partial charge on any atom is -0.272 e. The number of benzene rings is 1. The largest absolute Gasteiger partial charge is 0.433 e. The summed E-state index contributed by atoms with van der Waals surface area (Å²) in [5.41, 5.74) is 4.24. The number of carbonyl (C=O) groups excluding carboxylic acids is 2. The van der Waals surface area contributed by atoms with E-state index in [1.165, 1.54) is 11.8 Å². The Morgan fingerprint density at radius 2 is 1.76 bits per heavy atom. The summed E-state index contributed by atoms with van der Waals surface area (Å²) in [6.07, 6.45) is -3.78. The molecule has 0 spiro atoms. The van der Waals surface area contributed by atoms with Gasteiger partial charge in [0.05, 0.1) is 11.3 Å². The van der Waals surface area contributed by atoms with E-state index in [1.807, 2.05) is 31.2 Å². The van der Waals surface area contributed by atoms with Crippen molar-refractivity contribution in [1.82, 2.24) is 15.8 Å². The Labute approximate surface area is 146 Å². The molecule has 0 aliphatic heterocycles. The van der Waals surface area contributed by atoms with Crippen molar-refractivity contribution in [2.45, 2.75) is 18.0 Å². The van der Waals surface area contributed by atoms with E-state index in [9.17, 15) is 22.8 Å². The second-order valence-electron chi connectivity index (χ2n) is 5.03. The maximum absolute atomic E-state index is 12.4. The summed E-state index contributed by atoms with van der Waals surface area (Å²) < 4.78 is 37.2. The first-order valence-corrected chi connectivity index (χ1v) is 8.06. The molecule has 25 heavy (non-hydrogen) atoms. The molecule has 2 rings (SSSR count). The molecule has 0 fully saturated rings. The molecule has 132 valence electrons. The number of thioether (sulfide) groups is 1. The molecule has 1 heterocycles. The van der Waals surface area contributed by atoms with Crippen LogP contribution in [-0.2, 0) is 11.0 Å². The molecule has 0 aliphatic carbocycles. The summed E-state index contributed by atoms with van der Waals surface area (Å²) >= 11 is 1.29. The Morgan fingerprint density at radius 3 is 2.32 bits per heavy atom. The number of nitrogens with one attached hydrogen (secondary N) is 2. The lowest BCUT2D eigenvalue weighted by Crippen LogP contribution is -2.42. The number of nitrogens with zero attached hydrogens (tertiary/aromatic N) is 1. The van der Waals surface area contributed by atoms with E-state index in [2.05, 4.69) is 15.8 Å². The standard InChI is InChI=1S/C16H14F3N3O2S/c1-10-2-5-12(6-3-10)25-9-14(23)21-22-15(24)11-4-7-13(20-8-11)16(17,18)19/h2-8H,9H2,1H3,(H,21,23)(H,22,24). The SMILES string of the molecule is Cc1ccc(SCC(=O)NNC(=O)c2ccc(C(F)(F)F)nc2)cc1. The van der Waals surface area contributed by atoms with Crippen LogP contribution >= 0.6 is 11.8 Å². The number of aromatic nitrogens is 1. The van der Waals surface area contributed by atoms with E-state index in [1.54, 1.807) is 0 Å². The highest BCUT2D eigenvalue weighted by Gasteiger charge is 2.32. The van der Waals surface area contributed by atoms with Gasteiger partial charge in [-0.15, -0.1) is 11.8 Å². The first-order chi connectivity index (χ1) is 11.8. The van der Waals surface area contributed by atoms with Crippen LogP contribution in [0.15, 0.2) is 47.5 Å². The lowest BCUT2D eigenvalue weighted by molar-refractivity contribution is -0.141. The Kier molecular flexibility index (Phi) is 6.02. The quantitative estimate of drug-likeness (QED) is 0.642. The average molecular weight is 369 g/mol. The highest BCUT2D eigenvalue weighted by Crippen LogP contribution is 2.27. The number of halogens is 3. The summed E-state index contributed by atoms with van der Waals surface area (Å²) in [5, 5.41) is 0. The van der Waals surface area contributed by atoms with E-state index < -0.39 is 23.7 Å². The van der Waals surface area contributed by atoms with E-state index in [0.29, 0.717) is 6.07 Å². The average Bonchev–Trinajstić information content (AvgIpc) is 2.58. The van der Waals surface area contributed by atoms with E-state index >= 15 is 0 Å². The molecule has 0 saturated heterocycles. The predicted octanol–water partition coefficient (Wildman–Crippen LogP) is 2.96. The highest BCUT2D eigenvalue weighted by molar-refractivity contribution is 8.00. The Bertz CT molecular complexity index is 747. The van der Waals surface area contributed by atoms with Crippen LogP contribution in [0.5, 0.6) is 0 Å². The Morgan fingerprint density at radius 1 is 1.08 bits per heavy atom. The van der Waals surface area contributed by atoms with Crippen molar-refractivity contribution in [3.8, 4) is 0 Å². The maximum atomic E-state index is 12.4. The first-order valence-electron chi connectivity index (χ1n) is 7.07. The van der Waals surface area contributed by atoms with Crippen LogP contribution in [0.4, 0.5) is 13.2 Å². The van der Waals surface area contributed by atoms with Gasteiger partial charge < -0.3 is 0 Å². The fourth-order valence-corrected chi connectivity index (χ4v) is 2.41. The topological polar surface area (TPSA) is 71.1 Å². The van der Waals surface area contributed by atoms with Crippen molar-refractivity contribution in [3.63, 3.8) is 0 Å². The van der Waals surface area contributed by atoms with Crippen LogP contribution in [-0.4, -0.2) is 22.6 Å². The molecule has 0 saturated carbocycles. The van der Waals surface area contributed by atoms with E-state index in [0.717, 1.165) is 22.7 Å². The predicted molar refractivity (Wildman–Crippen MR) is 86.8 cm³/mol. The molecule has 2 aromatic rings. The van der Waals surface area contributed by atoms with E-state index in [4.69, 9.17) is 0 Å². The molecular weight excluding hydrogens is 355 g/mol. The van der Waals surface area contributed by atoms with Crippen molar-refractivity contribution in [2.75, 3.05) is 5.75 Å². The third kappa shape index (κ3) is 5.79. The Balaban J connectivity index is 1.80. The number of amides is 2. The lowest BCUT2D eigenvalue weighted by Gasteiger charge is -2.08. The van der Waals surface area contributed by atoms with E-state index in [-0.39, 0.29) is 11.3 Å². The third-order valence-electron chi connectivity index (χ3n) is 3.02. The van der Waals surface area contributed by atoms with Gasteiger partial charge in [-0.05, 0) is 31.2 Å². The molecule has 0 bridgehead atoms. The smallest absolute Gasteiger partial charge is 0.272 e. The van der Waals surface area contributed by atoms with Gasteiger partial charge in [-0.1, -0.05) is 17.7 Å². The monoisotopic (exact) mass is 369 g/mol. The minimum absolute atomic E-state index is 0.0780. The highest BCUT2D eigenvalue weighted by atomic mass is 32.2. The molecule has 0 unspecified atom stereocenters. The van der Waals surface area contributed by atoms with Gasteiger partial charge in [0.1, 0.15) is 5.69 Å². The molecule has 1 aromatic carbocycles. The summed E-state index contributed by atoms with van der Waals surface area (Å²) in [5.74, 6) is -1.12. The van der Waals surface area contributed by atoms with Gasteiger partial charge in [0.2, 0.25) is 5.91 Å². The van der Waals surface area contributed by atoms with Crippen LogP contribution in [0.25, 0.3) is 0 Å². The zero-order chi connectivity index (χ0) is 18.4. The number of hydrogen-bond acceptors (Lipinski definition) is 4. The maximum Gasteiger partial charge on any atom is 0.433 e. The number of hydrogen-bond donors (Lipinski definition) is 2. The number of alkyl halides is 3. The lowest BCUT2D eigenvalue weighted by atomic mass is 10.2. The van der Waals surface area contributed by atoms with Crippen molar-refractivity contribution < 1.29 is 22.8 Å². The summed E-state index contributed by atoms with van der Waals surface area (Å²) in [7, 11) is 0. The van der Waals surface area contributed by atoms with Crippen molar-refractivity contribution in [1.29, 1.82) is 0 Å². The van der Waals surface area contributed by atoms with Gasteiger partial charge in [-0.25, -0.2) is 0 Å². The molecular formula is C16H14F3N3O2S. The van der Waals surface area contributed by atoms with Crippen LogP contribution in [0.1, 0.15) is 21.6 Å². The summed E-state index contributed by atoms with van der Waals surface area (Å²) in [4.78, 5) is 27.5. The number of aryl methyl sites for hydroxylation is 1. The first kappa shape index (κ1) is 18.8. The fraction of sp³-hybridized carbons (Fsp3) is 0.188. The van der Waals surface area contributed by atoms with Crippen LogP contribution in [0.3, 0.4) is 0 Å². The number of pyridine rings is 1. The number of hydrazine groups is 1. The zero-order valence-corrected chi connectivity index (χ0v) is 13.9. The third-order valence-corrected chi connectivity index (χ3v) is 4.03. The number of carbonyl (C=O) groups is 2. The number of rotatable bonds is 4. The molecule has 0 aliphatic rings. The van der Waals surface area contributed by atoms with Gasteiger partial charge in [-0.2, -0.15) is 13.2 Å². The van der Waals surface area contributed by atoms with Gasteiger partial charge in [0.15, 0.2) is 0 Å². The van der Waals surface area contributed by atoms with Crippen molar-refractivity contribution in [3.05, 3.63) is 59.4 Å².